The summed E-state index contributed by atoms with van der Waals surface area (Å²) in [5, 5.41) is 2.66. The zero-order valence-corrected chi connectivity index (χ0v) is 13.0. The number of carbonyl (C=O) groups is 1. The van der Waals surface area contributed by atoms with Crippen molar-refractivity contribution < 1.29 is 23.5 Å². The maximum absolute atomic E-state index is 13.2. The Morgan fingerprint density at radius 1 is 1.35 bits per heavy atom. The van der Waals surface area contributed by atoms with Gasteiger partial charge in [-0.2, -0.15) is 9.59 Å². The summed E-state index contributed by atoms with van der Waals surface area (Å²) in [6.45, 7) is 10.9. The van der Waals surface area contributed by atoms with Crippen molar-refractivity contribution in [2.24, 2.45) is 5.92 Å². The van der Waals surface area contributed by atoms with Crippen molar-refractivity contribution in [3.63, 3.8) is 0 Å². The molecule has 0 unspecified atom stereocenters. The average molecular weight is 289 g/mol. The first-order valence-corrected chi connectivity index (χ1v) is 6.42. The van der Waals surface area contributed by atoms with E-state index in [0.29, 0.717) is 6.42 Å². The first-order chi connectivity index (χ1) is 9.07. The molecule has 0 saturated heterocycles. The van der Waals surface area contributed by atoms with E-state index in [2.05, 4.69) is 5.32 Å². The maximum Gasteiger partial charge on any atom is 0.408 e. The maximum atomic E-state index is 13.2. The van der Waals surface area contributed by atoms with Crippen molar-refractivity contribution in [3.8, 4) is 0 Å². The van der Waals surface area contributed by atoms with Crippen LogP contribution in [-0.2, 0) is 14.3 Å². The lowest BCUT2D eigenvalue weighted by Crippen LogP contribution is -2.40. The quantitative estimate of drug-likeness (QED) is 0.862. The number of hydrogen-bond acceptors (Lipinski definition) is 4. The van der Waals surface area contributed by atoms with Crippen LogP contribution in [0.25, 0.3) is 0 Å². The summed E-state index contributed by atoms with van der Waals surface area (Å²) < 4.78 is 18.3. The molecule has 0 fully saturated rings. The molecule has 0 aliphatic carbocycles. The van der Waals surface area contributed by atoms with Crippen LogP contribution in [0.2, 0.25) is 0 Å². The third-order valence-corrected chi connectivity index (χ3v) is 2.10. The van der Waals surface area contributed by atoms with E-state index in [1.54, 1.807) is 27.7 Å². The molecule has 0 aromatic carbocycles. The third kappa shape index (κ3) is 12.8. The highest BCUT2D eigenvalue weighted by molar-refractivity contribution is 5.68. The molecular formula is C14H24FNO4. The Morgan fingerprint density at radius 2 is 1.80 bits per heavy atom. The fourth-order valence-electron chi connectivity index (χ4n) is 1.16. The van der Waals surface area contributed by atoms with Crippen molar-refractivity contribution in [2.45, 2.75) is 59.6 Å². The van der Waals surface area contributed by atoms with Crippen LogP contribution in [0.3, 0.4) is 0 Å². The number of halogens is 1. The SMILES string of the molecule is CC/C(F)=C\[C@@H](NC(=O)OC(C)(C)C)C(C)C.O=C=O. The number of carbonyl (C=O) groups excluding carboxylic acids is 3. The Hall–Kier alpha value is -1.68. The highest BCUT2D eigenvalue weighted by Gasteiger charge is 2.20. The zero-order valence-electron chi connectivity index (χ0n) is 13.0. The smallest absolute Gasteiger partial charge is 0.408 e. The molecule has 1 atom stereocenters. The monoisotopic (exact) mass is 289 g/mol. The van der Waals surface area contributed by atoms with Crippen LogP contribution in [0.1, 0.15) is 48.0 Å². The molecule has 1 amide bonds. The molecule has 0 aromatic heterocycles. The Morgan fingerprint density at radius 3 is 2.10 bits per heavy atom. The molecule has 5 nitrogen and oxygen atoms in total. The molecule has 0 radical (unpaired) electrons. The van der Waals surface area contributed by atoms with Gasteiger partial charge in [0.25, 0.3) is 0 Å². The Balaban J connectivity index is 0. The lowest BCUT2D eigenvalue weighted by molar-refractivity contribution is -0.191. The summed E-state index contributed by atoms with van der Waals surface area (Å²) in [5.74, 6) is -0.112. The number of amides is 1. The number of hydrogen-bond donors (Lipinski definition) is 1. The van der Waals surface area contributed by atoms with E-state index in [4.69, 9.17) is 14.3 Å². The van der Waals surface area contributed by atoms with Crippen LogP contribution >= 0.6 is 0 Å². The standard InChI is InChI=1S/C13H24FNO2.CO2/c1-7-10(14)8-11(9(2)3)15-12(16)17-13(4,5)6;2-1-3/h8-9,11H,7H2,1-6H3,(H,15,16);/b10-8+;/t11-;/m1./s1. The van der Waals surface area contributed by atoms with Crippen LogP contribution < -0.4 is 5.32 Å². The second kappa shape index (κ2) is 10.1. The predicted octanol–water partition coefficient (Wildman–Crippen LogP) is 3.22. The van der Waals surface area contributed by atoms with E-state index in [-0.39, 0.29) is 23.9 Å². The van der Waals surface area contributed by atoms with Crippen LogP contribution in [0.15, 0.2) is 11.9 Å². The number of alkyl carbamates (subject to hydrolysis) is 1. The van der Waals surface area contributed by atoms with Gasteiger partial charge in [0, 0.05) is 0 Å². The molecule has 0 aliphatic heterocycles. The molecule has 0 heterocycles. The van der Waals surface area contributed by atoms with Crippen LogP contribution in [0.5, 0.6) is 0 Å². The molecule has 0 saturated carbocycles. The van der Waals surface area contributed by atoms with E-state index in [9.17, 15) is 9.18 Å². The van der Waals surface area contributed by atoms with Crippen LogP contribution in [-0.4, -0.2) is 23.9 Å². The zero-order chi connectivity index (χ0) is 16.3. The molecule has 0 bridgehead atoms. The average Bonchev–Trinajstić information content (AvgIpc) is 2.26. The van der Waals surface area contributed by atoms with E-state index in [0.717, 1.165) is 0 Å². The molecule has 0 aliphatic rings. The van der Waals surface area contributed by atoms with E-state index in [1.807, 2.05) is 13.8 Å². The highest BCUT2D eigenvalue weighted by atomic mass is 19.1. The van der Waals surface area contributed by atoms with Gasteiger partial charge in [0.05, 0.1) is 11.9 Å². The summed E-state index contributed by atoms with van der Waals surface area (Å²) in [6, 6.07) is -0.343. The summed E-state index contributed by atoms with van der Waals surface area (Å²) in [5.41, 5.74) is -0.543. The van der Waals surface area contributed by atoms with Crippen molar-refractivity contribution in [1.82, 2.24) is 5.32 Å². The molecule has 0 aromatic rings. The minimum atomic E-state index is -0.543. The van der Waals surface area contributed by atoms with Crippen molar-refractivity contribution in [3.05, 3.63) is 11.9 Å². The van der Waals surface area contributed by atoms with Gasteiger partial charge in [-0.15, -0.1) is 0 Å². The van der Waals surface area contributed by atoms with E-state index < -0.39 is 11.7 Å². The largest absolute Gasteiger partial charge is 0.444 e. The second-order valence-electron chi connectivity index (χ2n) is 5.47. The number of rotatable bonds is 4. The summed E-state index contributed by atoms with van der Waals surface area (Å²) in [4.78, 5) is 27.8. The van der Waals surface area contributed by atoms with Crippen molar-refractivity contribution in [1.29, 1.82) is 0 Å². The van der Waals surface area contributed by atoms with Gasteiger partial charge in [0.1, 0.15) is 5.60 Å². The Kier molecular flexibility index (Phi) is 10.5. The summed E-state index contributed by atoms with van der Waals surface area (Å²) >= 11 is 0. The first kappa shape index (κ1) is 20.6. The van der Waals surface area contributed by atoms with Crippen molar-refractivity contribution in [2.75, 3.05) is 0 Å². The lowest BCUT2D eigenvalue weighted by Gasteiger charge is -2.24. The Bertz CT molecular complexity index is 353. The summed E-state index contributed by atoms with van der Waals surface area (Å²) in [6.07, 6.45) is 1.50. The van der Waals surface area contributed by atoms with Gasteiger partial charge in [0.2, 0.25) is 0 Å². The number of ether oxygens (including phenoxy) is 1. The van der Waals surface area contributed by atoms with E-state index >= 15 is 0 Å². The Labute approximate surface area is 119 Å². The first-order valence-electron chi connectivity index (χ1n) is 6.42. The van der Waals surface area contributed by atoms with Gasteiger partial charge < -0.3 is 10.1 Å². The number of allylic oxidation sites excluding steroid dienone is 1. The minimum Gasteiger partial charge on any atom is -0.444 e. The minimum absolute atomic E-state index is 0.111. The second-order valence-corrected chi connectivity index (χ2v) is 5.47. The van der Waals surface area contributed by atoms with Gasteiger partial charge in [-0.05, 0) is 39.2 Å². The van der Waals surface area contributed by atoms with Gasteiger partial charge in [-0.25, -0.2) is 9.18 Å². The predicted molar refractivity (Wildman–Crippen MR) is 72.5 cm³/mol. The van der Waals surface area contributed by atoms with Crippen LogP contribution in [0, 0.1) is 5.92 Å². The normalized spacial score (nSPS) is 12.9. The van der Waals surface area contributed by atoms with Gasteiger partial charge in [0.15, 0.2) is 0 Å². The van der Waals surface area contributed by atoms with Gasteiger partial charge in [-0.1, -0.05) is 20.8 Å². The summed E-state index contributed by atoms with van der Waals surface area (Å²) in [7, 11) is 0. The van der Waals surface area contributed by atoms with Crippen LogP contribution in [0.4, 0.5) is 9.18 Å². The molecule has 0 rings (SSSR count). The van der Waals surface area contributed by atoms with E-state index in [1.165, 1.54) is 6.08 Å². The fourth-order valence-corrected chi connectivity index (χ4v) is 1.16. The third-order valence-electron chi connectivity index (χ3n) is 2.10. The molecular weight excluding hydrogens is 265 g/mol. The fraction of sp³-hybridized carbons (Fsp3) is 0.714. The van der Waals surface area contributed by atoms with Gasteiger partial charge >= 0.3 is 12.2 Å². The molecule has 1 N–H and O–H groups in total. The molecule has 20 heavy (non-hydrogen) atoms. The highest BCUT2D eigenvalue weighted by Crippen LogP contribution is 2.12. The number of nitrogens with one attached hydrogen (secondary N) is 1. The lowest BCUT2D eigenvalue weighted by atomic mass is 10.0. The van der Waals surface area contributed by atoms with Gasteiger partial charge in [-0.3, -0.25) is 0 Å². The molecule has 0 spiro atoms. The molecule has 116 valence electrons. The topological polar surface area (TPSA) is 72.5 Å². The van der Waals surface area contributed by atoms with Crippen molar-refractivity contribution >= 4 is 12.2 Å². The molecule has 6 heteroatoms.